The number of fused-ring (bicyclic) bond motifs is 1. The van der Waals surface area contributed by atoms with E-state index in [4.69, 9.17) is 16.0 Å². The number of hydrogen-bond donors (Lipinski definition) is 0. The van der Waals surface area contributed by atoms with Crippen LogP contribution >= 0.6 is 11.6 Å². The maximum absolute atomic E-state index is 13.1. The first-order valence-electron chi connectivity index (χ1n) is 7.67. The van der Waals surface area contributed by atoms with Gasteiger partial charge in [0.05, 0.1) is 16.4 Å². The Morgan fingerprint density at radius 3 is 2.38 bits per heavy atom. The first-order valence-corrected chi connectivity index (χ1v) is 8.05. The van der Waals surface area contributed by atoms with E-state index in [1.54, 1.807) is 33.8 Å². The van der Waals surface area contributed by atoms with Crippen molar-refractivity contribution in [2.75, 3.05) is 0 Å². The van der Waals surface area contributed by atoms with Crippen molar-refractivity contribution in [1.29, 1.82) is 0 Å². The number of aromatic nitrogens is 3. The standard InChI is InChI=1S/C17H15ClF3N3O2/c1-8-5-9(18)6-10-13(8)22-14(26-15(10)25)11-7-12(17(19,20)21)23-24(11)16(2,3)4/h5-7H,1-4H3. The van der Waals surface area contributed by atoms with Crippen LogP contribution < -0.4 is 5.63 Å². The summed E-state index contributed by atoms with van der Waals surface area (Å²) in [7, 11) is 0. The molecule has 5 nitrogen and oxygen atoms in total. The smallest absolute Gasteiger partial charge is 0.401 e. The first kappa shape index (κ1) is 18.4. The Balaban J connectivity index is 2.33. The average molecular weight is 386 g/mol. The number of hydrogen-bond acceptors (Lipinski definition) is 4. The highest BCUT2D eigenvalue weighted by molar-refractivity contribution is 6.31. The third kappa shape index (κ3) is 3.21. The molecule has 26 heavy (non-hydrogen) atoms. The summed E-state index contributed by atoms with van der Waals surface area (Å²) < 4.78 is 45.7. The quantitative estimate of drug-likeness (QED) is 0.604. The zero-order chi connectivity index (χ0) is 19.4. The van der Waals surface area contributed by atoms with Gasteiger partial charge in [-0.1, -0.05) is 11.6 Å². The van der Waals surface area contributed by atoms with Crippen LogP contribution in [0.1, 0.15) is 32.0 Å². The SMILES string of the molecule is Cc1cc(Cl)cc2c(=O)oc(-c3cc(C(F)(F)F)nn3C(C)(C)C)nc12. The van der Waals surface area contributed by atoms with Crippen molar-refractivity contribution >= 4 is 22.5 Å². The van der Waals surface area contributed by atoms with Gasteiger partial charge in [0.1, 0.15) is 5.69 Å². The highest BCUT2D eigenvalue weighted by Crippen LogP contribution is 2.34. The molecule has 0 atom stereocenters. The van der Waals surface area contributed by atoms with Gasteiger partial charge in [-0.3, -0.25) is 4.68 Å². The van der Waals surface area contributed by atoms with Crippen molar-refractivity contribution in [3.63, 3.8) is 0 Å². The second kappa shape index (κ2) is 5.84. The summed E-state index contributed by atoms with van der Waals surface area (Å²) in [6, 6.07) is 3.85. The topological polar surface area (TPSA) is 60.9 Å². The third-order valence-corrected chi connectivity index (χ3v) is 3.96. The van der Waals surface area contributed by atoms with Gasteiger partial charge in [-0.15, -0.1) is 0 Å². The van der Waals surface area contributed by atoms with Crippen LogP contribution in [-0.4, -0.2) is 14.8 Å². The normalized spacial score (nSPS) is 12.8. The minimum Gasteiger partial charge on any atom is -0.401 e. The Labute approximate surface area is 151 Å². The minimum absolute atomic E-state index is 0.0295. The summed E-state index contributed by atoms with van der Waals surface area (Å²) in [5.41, 5.74) is -1.71. The monoisotopic (exact) mass is 385 g/mol. The molecular weight excluding hydrogens is 371 g/mol. The summed E-state index contributed by atoms with van der Waals surface area (Å²) in [6.45, 7) is 6.77. The lowest BCUT2D eigenvalue weighted by Gasteiger charge is -2.21. The minimum atomic E-state index is -4.63. The van der Waals surface area contributed by atoms with Crippen molar-refractivity contribution in [1.82, 2.24) is 14.8 Å². The van der Waals surface area contributed by atoms with E-state index in [0.29, 0.717) is 16.1 Å². The first-order chi connectivity index (χ1) is 11.9. The van der Waals surface area contributed by atoms with Gasteiger partial charge < -0.3 is 4.42 Å². The highest BCUT2D eigenvalue weighted by atomic mass is 35.5. The zero-order valence-electron chi connectivity index (χ0n) is 14.4. The largest absolute Gasteiger partial charge is 0.435 e. The van der Waals surface area contributed by atoms with Crippen LogP contribution in [-0.2, 0) is 11.7 Å². The zero-order valence-corrected chi connectivity index (χ0v) is 15.2. The molecule has 0 bridgehead atoms. The number of aryl methyl sites for hydroxylation is 1. The highest BCUT2D eigenvalue weighted by Gasteiger charge is 2.37. The third-order valence-electron chi connectivity index (χ3n) is 3.74. The molecule has 0 N–H and O–H groups in total. The molecule has 0 amide bonds. The predicted octanol–water partition coefficient (Wildman–Crippen LogP) is 4.79. The predicted molar refractivity (Wildman–Crippen MR) is 91.2 cm³/mol. The fourth-order valence-electron chi connectivity index (χ4n) is 2.60. The number of rotatable bonds is 1. The summed E-state index contributed by atoms with van der Waals surface area (Å²) >= 11 is 5.94. The van der Waals surface area contributed by atoms with Crippen LogP contribution in [0.15, 0.2) is 27.4 Å². The van der Waals surface area contributed by atoms with Crippen LogP contribution in [0.25, 0.3) is 22.5 Å². The van der Waals surface area contributed by atoms with Crippen molar-refractivity contribution in [3.8, 4) is 11.6 Å². The van der Waals surface area contributed by atoms with Crippen molar-refractivity contribution in [2.45, 2.75) is 39.4 Å². The van der Waals surface area contributed by atoms with Crippen LogP contribution in [0, 0.1) is 6.92 Å². The van der Waals surface area contributed by atoms with Crippen molar-refractivity contribution in [3.05, 3.63) is 44.9 Å². The van der Waals surface area contributed by atoms with E-state index >= 15 is 0 Å². The van der Waals surface area contributed by atoms with Gasteiger partial charge >= 0.3 is 11.8 Å². The van der Waals surface area contributed by atoms with E-state index in [-0.39, 0.29) is 17.0 Å². The molecule has 0 unspecified atom stereocenters. The van der Waals surface area contributed by atoms with Crippen LogP contribution in [0.3, 0.4) is 0 Å². The average Bonchev–Trinajstić information content (AvgIpc) is 2.93. The van der Waals surface area contributed by atoms with E-state index in [9.17, 15) is 18.0 Å². The number of halogens is 4. The van der Waals surface area contributed by atoms with Crippen molar-refractivity contribution in [2.24, 2.45) is 0 Å². The van der Waals surface area contributed by atoms with E-state index in [1.165, 1.54) is 6.07 Å². The molecule has 2 heterocycles. The lowest BCUT2D eigenvalue weighted by Crippen LogP contribution is -2.25. The van der Waals surface area contributed by atoms with Gasteiger partial charge in [0.15, 0.2) is 5.69 Å². The Kier molecular flexibility index (Phi) is 4.14. The summed E-state index contributed by atoms with van der Waals surface area (Å²) in [6.07, 6.45) is -4.63. The van der Waals surface area contributed by atoms with E-state index in [1.807, 2.05) is 0 Å². The van der Waals surface area contributed by atoms with Crippen molar-refractivity contribution < 1.29 is 17.6 Å². The van der Waals surface area contributed by atoms with Crippen LogP contribution in [0.4, 0.5) is 13.2 Å². The van der Waals surface area contributed by atoms with Gasteiger partial charge in [-0.05, 0) is 45.4 Å². The lowest BCUT2D eigenvalue weighted by molar-refractivity contribution is -0.141. The lowest BCUT2D eigenvalue weighted by atomic mass is 10.1. The summed E-state index contributed by atoms with van der Waals surface area (Å²) in [5, 5.41) is 4.15. The fourth-order valence-corrected chi connectivity index (χ4v) is 2.87. The molecule has 138 valence electrons. The molecule has 0 aliphatic heterocycles. The summed E-state index contributed by atoms with van der Waals surface area (Å²) in [4.78, 5) is 16.6. The number of alkyl halides is 3. The number of nitrogens with zero attached hydrogens (tertiary/aromatic N) is 3. The van der Waals surface area contributed by atoms with E-state index in [2.05, 4.69) is 10.1 Å². The second-order valence-electron chi connectivity index (χ2n) is 6.92. The molecule has 1 aromatic carbocycles. The van der Waals surface area contributed by atoms with Gasteiger partial charge in [0.2, 0.25) is 5.89 Å². The Morgan fingerprint density at radius 2 is 1.81 bits per heavy atom. The molecular formula is C17H15ClF3N3O2. The second-order valence-corrected chi connectivity index (χ2v) is 7.36. The Bertz CT molecular complexity index is 1060. The Morgan fingerprint density at radius 1 is 1.15 bits per heavy atom. The fraction of sp³-hybridized carbons (Fsp3) is 0.353. The van der Waals surface area contributed by atoms with Gasteiger partial charge in [0.25, 0.3) is 0 Å². The molecule has 0 radical (unpaired) electrons. The maximum Gasteiger partial charge on any atom is 0.435 e. The summed E-state index contributed by atoms with van der Waals surface area (Å²) in [5.74, 6) is -0.231. The maximum atomic E-state index is 13.1. The van der Waals surface area contributed by atoms with Gasteiger partial charge in [-0.25, -0.2) is 9.78 Å². The van der Waals surface area contributed by atoms with Crippen LogP contribution in [0.2, 0.25) is 5.02 Å². The molecule has 3 aromatic rings. The van der Waals surface area contributed by atoms with E-state index < -0.39 is 23.0 Å². The molecule has 0 spiro atoms. The molecule has 0 aliphatic rings. The molecule has 9 heteroatoms. The molecule has 0 saturated heterocycles. The molecule has 3 rings (SSSR count). The molecule has 0 fully saturated rings. The number of benzene rings is 1. The Hall–Kier alpha value is -2.35. The van der Waals surface area contributed by atoms with Crippen LogP contribution in [0.5, 0.6) is 0 Å². The molecule has 2 aromatic heterocycles. The molecule has 0 saturated carbocycles. The van der Waals surface area contributed by atoms with Gasteiger partial charge in [-0.2, -0.15) is 18.3 Å². The van der Waals surface area contributed by atoms with E-state index in [0.717, 1.165) is 10.7 Å². The molecule has 0 aliphatic carbocycles. The van der Waals surface area contributed by atoms with Gasteiger partial charge in [0, 0.05) is 11.1 Å².